The van der Waals surface area contributed by atoms with Crippen LogP contribution >= 0.6 is 11.3 Å². The molecule has 2 atom stereocenters. The van der Waals surface area contributed by atoms with Gasteiger partial charge in [-0.25, -0.2) is 0 Å². The van der Waals surface area contributed by atoms with Gasteiger partial charge in [-0.15, -0.1) is 11.3 Å². The zero-order chi connectivity index (χ0) is 23.9. The Balaban J connectivity index is 1.60. The molecule has 0 radical (unpaired) electrons. The van der Waals surface area contributed by atoms with Crippen LogP contribution in [0.5, 0.6) is 5.75 Å². The molecule has 2 fully saturated rings. The molecule has 1 aromatic carbocycles. The second kappa shape index (κ2) is 11.7. The molecule has 1 aromatic heterocycles. The predicted octanol–water partition coefficient (Wildman–Crippen LogP) is 3.60. The first-order chi connectivity index (χ1) is 16.6. The molecule has 7 nitrogen and oxygen atoms in total. The monoisotopic (exact) mass is 484 g/mol. The Bertz CT molecular complexity index is 987. The smallest absolute Gasteiger partial charge is 0.291 e. The molecule has 0 bridgehead atoms. The third-order valence-electron chi connectivity index (χ3n) is 6.43. The van der Waals surface area contributed by atoms with Crippen LogP contribution in [0.1, 0.15) is 47.5 Å². The number of Topliss-reactive ketones (excluding diaryl/α,β-unsaturated/α-hetero) is 2. The maximum absolute atomic E-state index is 13.4. The van der Waals surface area contributed by atoms with E-state index in [2.05, 4.69) is 11.8 Å². The van der Waals surface area contributed by atoms with Gasteiger partial charge in [-0.1, -0.05) is 38.0 Å². The maximum atomic E-state index is 13.4. The fourth-order valence-corrected chi connectivity index (χ4v) is 5.28. The van der Waals surface area contributed by atoms with Gasteiger partial charge in [0, 0.05) is 26.2 Å². The SMILES string of the molecule is CCCCCOc1cccc(C2C(C(=O)c3cccs3)C(=O)C(=O)N2CCN2CCOCC2)c1. The second-order valence-electron chi connectivity index (χ2n) is 8.71. The summed E-state index contributed by atoms with van der Waals surface area (Å²) in [7, 11) is 0. The average Bonchev–Trinajstić information content (AvgIpc) is 3.49. The van der Waals surface area contributed by atoms with Crippen LogP contribution < -0.4 is 4.74 Å². The Labute approximate surface area is 204 Å². The Morgan fingerprint density at radius 3 is 2.68 bits per heavy atom. The van der Waals surface area contributed by atoms with Crippen molar-refractivity contribution in [2.45, 2.75) is 32.2 Å². The van der Waals surface area contributed by atoms with Gasteiger partial charge in [-0.3, -0.25) is 19.3 Å². The summed E-state index contributed by atoms with van der Waals surface area (Å²) in [5.41, 5.74) is 0.754. The molecule has 0 saturated carbocycles. The number of thiophene rings is 1. The molecule has 4 rings (SSSR count). The van der Waals surface area contributed by atoms with Crippen molar-refractivity contribution >= 4 is 28.8 Å². The molecular weight excluding hydrogens is 452 g/mol. The van der Waals surface area contributed by atoms with Crippen molar-refractivity contribution in [2.75, 3.05) is 46.0 Å². The maximum Gasteiger partial charge on any atom is 0.291 e. The van der Waals surface area contributed by atoms with Gasteiger partial charge in [0.25, 0.3) is 5.91 Å². The molecule has 0 N–H and O–H groups in total. The first-order valence-corrected chi connectivity index (χ1v) is 12.9. The quantitative estimate of drug-likeness (QED) is 0.210. The van der Waals surface area contributed by atoms with E-state index in [1.54, 1.807) is 17.0 Å². The van der Waals surface area contributed by atoms with Gasteiger partial charge in [0.2, 0.25) is 5.78 Å². The molecule has 182 valence electrons. The van der Waals surface area contributed by atoms with E-state index in [1.165, 1.54) is 11.3 Å². The van der Waals surface area contributed by atoms with Gasteiger partial charge in [-0.05, 0) is 35.6 Å². The van der Waals surface area contributed by atoms with Crippen LogP contribution in [0.3, 0.4) is 0 Å². The minimum absolute atomic E-state index is 0.290. The lowest BCUT2D eigenvalue weighted by Crippen LogP contribution is -2.42. The topological polar surface area (TPSA) is 76.2 Å². The van der Waals surface area contributed by atoms with E-state index in [9.17, 15) is 14.4 Å². The Morgan fingerprint density at radius 2 is 1.94 bits per heavy atom. The van der Waals surface area contributed by atoms with E-state index in [4.69, 9.17) is 9.47 Å². The predicted molar refractivity (Wildman–Crippen MR) is 130 cm³/mol. The van der Waals surface area contributed by atoms with Crippen LogP contribution in [-0.4, -0.2) is 73.3 Å². The summed E-state index contributed by atoms with van der Waals surface area (Å²) in [5.74, 6) is -1.86. The minimum Gasteiger partial charge on any atom is -0.494 e. The van der Waals surface area contributed by atoms with E-state index >= 15 is 0 Å². The van der Waals surface area contributed by atoms with Crippen molar-refractivity contribution in [2.24, 2.45) is 5.92 Å². The van der Waals surface area contributed by atoms with E-state index in [0.29, 0.717) is 43.5 Å². The molecule has 0 aliphatic carbocycles. The van der Waals surface area contributed by atoms with Crippen molar-refractivity contribution in [3.8, 4) is 5.75 Å². The number of carbonyl (C=O) groups excluding carboxylic acids is 3. The molecule has 2 saturated heterocycles. The van der Waals surface area contributed by atoms with Gasteiger partial charge in [-0.2, -0.15) is 0 Å². The van der Waals surface area contributed by atoms with Crippen LogP contribution in [0, 0.1) is 5.92 Å². The molecular formula is C26H32N2O5S. The van der Waals surface area contributed by atoms with Crippen LogP contribution in [0.15, 0.2) is 41.8 Å². The highest BCUT2D eigenvalue weighted by atomic mass is 32.1. The van der Waals surface area contributed by atoms with Gasteiger partial charge in [0.15, 0.2) is 5.78 Å². The van der Waals surface area contributed by atoms with E-state index in [-0.39, 0.29) is 5.78 Å². The lowest BCUT2D eigenvalue weighted by Gasteiger charge is -2.31. The molecule has 34 heavy (non-hydrogen) atoms. The number of benzene rings is 1. The van der Waals surface area contributed by atoms with Crippen LogP contribution in [0.2, 0.25) is 0 Å². The van der Waals surface area contributed by atoms with Gasteiger partial charge >= 0.3 is 0 Å². The zero-order valence-corrected chi connectivity index (χ0v) is 20.4. The number of unbranched alkanes of at least 4 members (excludes halogenated alkanes) is 2. The summed E-state index contributed by atoms with van der Waals surface area (Å²) in [6.45, 7) is 6.67. The molecule has 8 heteroatoms. The number of hydrogen-bond acceptors (Lipinski definition) is 7. The number of morpholine rings is 1. The van der Waals surface area contributed by atoms with E-state index in [0.717, 1.165) is 37.9 Å². The highest BCUT2D eigenvalue weighted by Crippen LogP contribution is 2.39. The Hall–Kier alpha value is -2.55. The number of carbonyl (C=O) groups is 3. The summed E-state index contributed by atoms with van der Waals surface area (Å²) >= 11 is 1.30. The van der Waals surface area contributed by atoms with E-state index in [1.807, 2.05) is 29.6 Å². The second-order valence-corrected chi connectivity index (χ2v) is 9.66. The zero-order valence-electron chi connectivity index (χ0n) is 19.6. The summed E-state index contributed by atoms with van der Waals surface area (Å²) in [5, 5.41) is 1.81. The molecule has 2 aliphatic rings. The highest BCUT2D eigenvalue weighted by molar-refractivity contribution is 7.12. The first-order valence-electron chi connectivity index (χ1n) is 12.1. The summed E-state index contributed by atoms with van der Waals surface area (Å²) in [6.07, 6.45) is 3.17. The highest BCUT2D eigenvalue weighted by Gasteiger charge is 2.51. The van der Waals surface area contributed by atoms with Crippen molar-refractivity contribution < 1.29 is 23.9 Å². The lowest BCUT2D eigenvalue weighted by atomic mass is 9.88. The fourth-order valence-electron chi connectivity index (χ4n) is 4.58. The number of ketones is 2. The Kier molecular flexibility index (Phi) is 8.48. The third-order valence-corrected chi connectivity index (χ3v) is 7.31. The number of rotatable bonds is 11. The lowest BCUT2D eigenvalue weighted by molar-refractivity contribution is -0.141. The molecule has 2 unspecified atom stereocenters. The average molecular weight is 485 g/mol. The normalized spacial score (nSPS) is 21.3. The summed E-state index contributed by atoms with van der Waals surface area (Å²) < 4.78 is 11.3. The molecule has 2 aromatic rings. The standard InChI is InChI=1S/C26H32N2O5S/c1-2-3-4-14-33-20-8-5-7-19(18-20)23-22(24(29)21-9-6-17-34-21)25(30)26(31)28(23)11-10-27-12-15-32-16-13-27/h5-9,17-18,22-23H,2-4,10-16H2,1H3. The van der Waals surface area contributed by atoms with Crippen molar-refractivity contribution in [3.63, 3.8) is 0 Å². The molecule has 1 amide bonds. The van der Waals surface area contributed by atoms with Crippen molar-refractivity contribution in [1.29, 1.82) is 0 Å². The number of hydrogen-bond donors (Lipinski definition) is 0. The van der Waals surface area contributed by atoms with E-state index < -0.39 is 23.7 Å². The molecule has 2 aliphatic heterocycles. The number of amides is 1. The van der Waals surface area contributed by atoms with Crippen LogP contribution in [0.4, 0.5) is 0 Å². The number of ether oxygens (including phenoxy) is 2. The van der Waals surface area contributed by atoms with Crippen LogP contribution in [0.25, 0.3) is 0 Å². The molecule has 0 spiro atoms. The van der Waals surface area contributed by atoms with Crippen LogP contribution in [-0.2, 0) is 14.3 Å². The Morgan fingerprint density at radius 1 is 1.12 bits per heavy atom. The first kappa shape index (κ1) is 24.6. The van der Waals surface area contributed by atoms with Crippen molar-refractivity contribution in [1.82, 2.24) is 9.80 Å². The largest absolute Gasteiger partial charge is 0.494 e. The van der Waals surface area contributed by atoms with Gasteiger partial charge in [0.1, 0.15) is 11.7 Å². The summed E-state index contributed by atoms with van der Waals surface area (Å²) in [4.78, 5) is 44.0. The number of nitrogens with zero attached hydrogens (tertiary/aromatic N) is 2. The van der Waals surface area contributed by atoms with Crippen molar-refractivity contribution in [3.05, 3.63) is 52.2 Å². The third kappa shape index (κ3) is 5.56. The minimum atomic E-state index is -1.05. The fraction of sp³-hybridized carbons (Fsp3) is 0.500. The van der Waals surface area contributed by atoms with Gasteiger partial charge in [0.05, 0.1) is 30.7 Å². The number of likely N-dealkylation sites (tertiary alicyclic amines) is 1. The van der Waals surface area contributed by atoms with Gasteiger partial charge < -0.3 is 14.4 Å². The summed E-state index contributed by atoms with van der Waals surface area (Å²) in [6, 6.07) is 10.4. The molecule has 3 heterocycles.